The lowest BCUT2D eigenvalue weighted by Gasteiger charge is -2.21. The van der Waals surface area contributed by atoms with Crippen LogP contribution in [0.2, 0.25) is 0 Å². The molecular weight excluding hydrogens is 418 g/mol. The number of hydrogen-bond donors (Lipinski definition) is 0. The molecule has 0 aromatic carbocycles. The van der Waals surface area contributed by atoms with E-state index in [1.165, 1.54) is 23.1 Å². The maximum Gasteiger partial charge on any atom is 0.263 e. The number of thiophene rings is 1. The monoisotopic (exact) mass is 443 g/mol. The van der Waals surface area contributed by atoms with E-state index in [2.05, 4.69) is 0 Å². The van der Waals surface area contributed by atoms with Gasteiger partial charge in [-0.3, -0.25) is 14.2 Å². The highest BCUT2D eigenvalue weighted by Gasteiger charge is 2.25. The summed E-state index contributed by atoms with van der Waals surface area (Å²) >= 11 is 2.80. The van der Waals surface area contributed by atoms with Crippen molar-refractivity contribution in [2.24, 2.45) is 0 Å². The summed E-state index contributed by atoms with van der Waals surface area (Å²) in [7, 11) is 0. The molecule has 30 heavy (non-hydrogen) atoms. The fourth-order valence-corrected chi connectivity index (χ4v) is 5.86. The van der Waals surface area contributed by atoms with Crippen molar-refractivity contribution < 1.29 is 4.79 Å². The van der Waals surface area contributed by atoms with Gasteiger partial charge in [-0.05, 0) is 32.3 Å². The molecule has 0 unspecified atom stereocenters. The summed E-state index contributed by atoms with van der Waals surface area (Å²) in [5, 5.41) is 19.0. The predicted octanol–water partition coefficient (Wildman–Crippen LogP) is 3.94. The molecule has 2 aromatic heterocycles. The maximum atomic E-state index is 13.4. The molecule has 3 rings (SSSR count). The van der Waals surface area contributed by atoms with Crippen molar-refractivity contribution in [3.05, 3.63) is 20.8 Å². The quantitative estimate of drug-likeness (QED) is 0.452. The SMILES string of the molecule is Cc1sc2nc(SCC(=O)N(CCC#N)CCC#N)n(C3CCCC3)c(=O)c2c1C. The summed E-state index contributed by atoms with van der Waals surface area (Å²) in [6.45, 7) is 4.58. The first kappa shape index (κ1) is 22.3. The van der Waals surface area contributed by atoms with Gasteiger partial charge >= 0.3 is 0 Å². The molecule has 0 spiro atoms. The summed E-state index contributed by atoms with van der Waals surface area (Å²) < 4.78 is 1.81. The number of amides is 1. The number of aryl methyl sites for hydroxylation is 2. The first-order valence-electron chi connectivity index (χ1n) is 10.1. The van der Waals surface area contributed by atoms with Crippen LogP contribution in [0.1, 0.15) is 55.0 Å². The zero-order valence-corrected chi connectivity index (χ0v) is 18.9. The van der Waals surface area contributed by atoms with Crippen LogP contribution in [0.25, 0.3) is 10.2 Å². The smallest absolute Gasteiger partial charge is 0.263 e. The van der Waals surface area contributed by atoms with Gasteiger partial charge in [0.25, 0.3) is 5.56 Å². The van der Waals surface area contributed by atoms with E-state index in [4.69, 9.17) is 15.5 Å². The first-order chi connectivity index (χ1) is 14.5. The van der Waals surface area contributed by atoms with Gasteiger partial charge in [-0.1, -0.05) is 24.6 Å². The van der Waals surface area contributed by atoms with Gasteiger partial charge in [0, 0.05) is 24.0 Å². The van der Waals surface area contributed by atoms with Crippen LogP contribution in [0.4, 0.5) is 0 Å². The van der Waals surface area contributed by atoms with Gasteiger partial charge in [0.2, 0.25) is 5.91 Å². The number of fused-ring (bicyclic) bond motifs is 1. The van der Waals surface area contributed by atoms with E-state index >= 15 is 0 Å². The van der Waals surface area contributed by atoms with Crippen LogP contribution in [0.3, 0.4) is 0 Å². The van der Waals surface area contributed by atoms with Crippen LogP contribution in [0, 0.1) is 36.5 Å². The Morgan fingerprint density at radius 3 is 2.47 bits per heavy atom. The summed E-state index contributed by atoms with van der Waals surface area (Å²) in [6, 6.07) is 4.21. The van der Waals surface area contributed by atoms with E-state index in [1.54, 1.807) is 9.47 Å². The molecular formula is C21H25N5O2S2. The second-order valence-electron chi connectivity index (χ2n) is 7.46. The van der Waals surface area contributed by atoms with Gasteiger partial charge in [-0.25, -0.2) is 4.98 Å². The minimum absolute atomic E-state index is 0.00508. The van der Waals surface area contributed by atoms with Gasteiger partial charge in [0.1, 0.15) is 4.83 Å². The van der Waals surface area contributed by atoms with E-state index in [0.717, 1.165) is 41.0 Å². The van der Waals surface area contributed by atoms with E-state index < -0.39 is 0 Å². The normalized spacial score (nSPS) is 14.0. The van der Waals surface area contributed by atoms with Crippen molar-refractivity contribution in [3.8, 4) is 12.1 Å². The van der Waals surface area contributed by atoms with Gasteiger partial charge in [-0.15, -0.1) is 11.3 Å². The Bertz CT molecular complexity index is 1050. The second kappa shape index (κ2) is 10.1. The molecule has 7 nitrogen and oxygen atoms in total. The lowest BCUT2D eigenvalue weighted by Crippen LogP contribution is -2.34. The Balaban J connectivity index is 1.90. The minimum Gasteiger partial charge on any atom is -0.340 e. The lowest BCUT2D eigenvalue weighted by molar-refractivity contribution is -0.128. The predicted molar refractivity (Wildman–Crippen MR) is 119 cm³/mol. The van der Waals surface area contributed by atoms with Gasteiger partial charge in [-0.2, -0.15) is 10.5 Å². The van der Waals surface area contributed by atoms with Crippen LogP contribution in [-0.4, -0.2) is 39.2 Å². The standard InChI is InChI=1S/C21H25N5O2S2/c1-14-15(2)30-19-18(14)20(28)26(16-7-3-4-8-16)21(24-19)29-13-17(27)25(11-5-9-22)12-6-10-23/h16H,3-8,11-13H2,1-2H3. The molecule has 158 valence electrons. The third-order valence-corrected chi connectivity index (χ3v) is 7.60. The number of hydrogen-bond acceptors (Lipinski definition) is 7. The van der Waals surface area contributed by atoms with Crippen molar-refractivity contribution in [1.29, 1.82) is 10.5 Å². The van der Waals surface area contributed by atoms with Gasteiger partial charge in [0.05, 0.1) is 36.1 Å². The molecule has 0 N–H and O–H groups in total. The molecule has 0 bridgehead atoms. The lowest BCUT2D eigenvalue weighted by atomic mass is 10.2. The average Bonchev–Trinajstić information content (AvgIpc) is 3.35. The second-order valence-corrected chi connectivity index (χ2v) is 9.60. The van der Waals surface area contributed by atoms with Crippen molar-refractivity contribution in [3.63, 3.8) is 0 Å². The fraction of sp³-hybridized carbons (Fsp3) is 0.571. The fourth-order valence-electron chi connectivity index (χ4n) is 3.82. The molecule has 0 aliphatic heterocycles. The Kier molecular flexibility index (Phi) is 7.52. The van der Waals surface area contributed by atoms with Crippen LogP contribution in [-0.2, 0) is 4.79 Å². The zero-order valence-electron chi connectivity index (χ0n) is 17.3. The number of thioether (sulfide) groups is 1. The first-order valence-corrected chi connectivity index (χ1v) is 11.9. The van der Waals surface area contributed by atoms with Crippen molar-refractivity contribution in [2.45, 2.75) is 63.6 Å². The highest BCUT2D eigenvalue weighted by Crippen LogP contribution is 2.34. The molecule has 1 aliphatic rings. The summed E-state index contributed by atoms with van der Waals surface area (Å²) in [4.78, 5) is 34.3. The molecule has 2 heterocycles. The van der Waals surface area contributed by atoms with Crippen LogP contribution >= 0.6 is 23.1 Å². The summed E-state index contributed by atoms with van der Waals surface area (Å²) in [5.41, 5.74) is 0.987. The van der Waals surface area contributed by atoms with E-state index in [1.807, 2.05) is 26.0 Å². The maximum absolute atomic E-state index is 13.4. The summed E-state index contributed by atoms with van der Waals surface area (Å²) in [6.07, 6.45) is 4.55. The Morgan fingerprint density at radius 1 is 1.23 bits per heavy atom. The van der Waals surface area contributed by atoms with Crippen LogP contribution in [0.5, 0.6) is 0 Å². The number of carbonyl (C=O) groups excluding carboxylic acids is 1. The minimum atomic E-state index is -0.142. The van der Waals surface area contributed by atoms with Crippen molar-refractivity contribution >= 4 is 39.2 Å². The van der Waals surface area contributed by atoms with Crippen LogP contribution in [0.15, 0.2) is 9.95 Å². The molecule has 0 atom stereocenters. The number of nitriles is 2. The van der Waals surface area contributed by atoms with E-state index in [0.29, 0.717) is 23.6 Å². The van der Waals surface area contributed by atoms with Crippen molar-refractivity contribution in [2.75, 3.05) is 18.8 Å². The van der Waals surface area contributed by atoms with E-state index in [9.17, 15) is 9.59 Å². The Labute approximate surface area is 184 Å². The molecule has 0 radical (unpaired) electrons. The van der Waals surface area contributed by atoms with Gasteiger partial charge in [0.15, 0.2) is 5.16 Å². The van der Waals surface area contributed by atoms with Crippen LogP contribution < -0.4 is 5.56 Å². The molecule has 1 aliphatic carbocycles. The number of aromatic nitrogens is 2. The average molecular weight is 444 g/mol. The molecule has 9 heteroatoms. The number of rotatable bonds is 8. The Morgan fingerprint density at radius 2 is 1.87 bits per heavy atom. The molecule has 1 fully saturated rings. The topological polar surface area (TPSA) is 103 Å². The third kappa shape index (κ3) is 4.69. The highest BCUT2D eigenvalue weighted by molar-refractivity contribution is 7.99. The Hall–Kier alpha value is -2.36. The largest absolute Gasteiger partial charge is 0.340 e. The summed E-state index contributed by atoms with van der Waals surface area (Å²) in [5.74, 6) is -0.0124. The highest BCUT2D eigenvalue weighted by atomic mass is 32.2. The molecule has 1 amide bonds. The molecule has 0 saturated heterocycles. The van der Waals surface area contributed by atoms with E-state index in [-0.39, 0.29) is 36.1 Å². The molecule has 1 saturated carbocycles. The van der Waals surface area contributed by atoms with Gasteiger partial charge < -0.3 is 4.90 Å². The zero-order chi connectivity index (χ0) is 21.7. The number of nitrogens with zero attached hydrogens (tertiary/aromatic N) is 5. The third-order valence-electron chi connectivity index (χ3n) is 5.56. The number of carbonyl (C=O) groups is 1. The van der Waals surface area contributed by atoms with Crippen molar-refractivity contribution in [1.82, 2.24) is 14.5 Å². The molecule has 2 aromatic rings.